The van der Waals surface area contributed by atoms with Gasteiger partial charge in [0.1, 0.15) is 12.1 Å². The highest BCUT2D eigenvalue weighted by molar-refractivity contribution is 6.08. The number of fused-ring (bicyclic) bond motifs is 2. The molecule has 10 nitrogen and oxygen atoms in total. The van der Waals surface area contributed by atoms with E-state index in [0.717, 1.165) is 22.1 Å². The number of ether oxygens (including phenoxy) is 3. The Hall–Kier alpha value is -6.16. The number of anilines is 2. The van der Waals surface area contributed by atoms with Crippen molar-refractivity contribution >= 4 is 44.9 Å². The molecule has 0 bridgehead atoms. The van der Waals surface area contributed by atoms with Gasteiger partial charge >= 0.3 is 0 Å². The quantitative estimate of drug-likeness (QED) is 0.158. The molecule has 1 heterocycles. The third kappa shape index (κ3) is 5.96. The first-order valence-corrected chi connectivity index (χ1v) is 14.4. The van der Waals surface area contributed by atoms with Crippen LogP contribution >= 0.6 is 0 Å². The van der Waals surface area contributed by atoms with Crippen molar-refractivity contribution in [2.24, 2.45) is 5.73 Å². The molecule has 0 atom stereocenters. The first-order chi connectivity index (χ1) is 22.2. The fourth-order valence-corrected chi connectivity index (χ4v) is 5.39. The summed E-state index contributed by atoms with van der Waals surface area (Å²) < 4.78 is 17.0. The van der Waals surface area contributed by atoms with Crippen molar-refractivity contribution in [3.63, 3.8) is 0 Å². The van der Waals surface area contributed by atoms with Gasteiger partial charge in [0.25, 0.3) is 5.91 Å². The number of carbonyl (C=O) groups excluding carboxylic acids is 2. The molecule has 1 aromatic heterocycles. The number of hydrogen-bond acceptors (Lipinski definition) is 8. The Morgan fingerprint density at radius 2 is 1.59 bits per heavy atom. The lowest BCUT2D eigenvalue weighted by Gasteiger charge is -2.14. The molecule has 0 fully saturated rings. The number of rotatable bonds is 9. The number of amides is 2. The molecule has 5 aromatic carbocycles. The van der Waals surface area contributed by atoms with E-state index in [1.165, 1.54) is 6.33 Å². The summed E-state index contributed by atoms with van der Waals surface area (Å²) in [5.41, 5.74) is 17.2. The highest BCUT2D eigenvalue weighted by Gasteiger charge is 2.17. The second-order valence-electron chi connectivity index (χ2n) is 10.8. The third-order valence-electron chi connectivity index (χ3n) is 7.71. The largest absolute Gasteiger partial charge is 0.493 e. The predicted octanol–water partition coefficient (Wildman–Crippen LogP) is 6.43. The average molecular weight is 614 g/mol. The Balaban J connectivity index is 1.24. The minimum absolute atomic E-state index is 0.266. The fourth-order valence-electron chi connectivity index (χ4n) is 5.39. The van der Waals surface area contributed by atoms with Crippen molar-refractivity contribution in [3.8, 4) is 23.1 Å². The van der Waals surface area contributed by atoms with Crippen LogP contribution in [0.5, 0.6) is 23.1 Å². The molecule has 5 N–H and O–H groups in total. The van der Waals surface area contributed by atoms with E-state index in [1.54, 1.807) is 50.6 Å². The normalized spacial score (nSPS) is 10.9. The fraction of sp³-hybridized carbons (Fsp3) is 0.111. The zero-order valence-electron chi connectivity index (χ0n) is 25.5. The lowest BCUT2D eigenvalue weighted by molar-refractivity contribution is 0.0998. The van der Waals surface area contributed by atoms with Gasteiger partial charge in [-0.25, -0.2) is 9.97 Å². The molecule has 0 saturated carbocycles. The van der Waals surface area contributed by atoms with Crippen LogP contribution in [0.3, 0.4) is 0 Å². The van der Waals surface area contributed by atoms with Crippen molar-refractivity contribution in [1.82, 2.24) is 9.97 Å². The monoisotopic (exact) mass is 613 g/mol. The van der Waals surface area contributed by atoms with Crippen LogP contribution in [0.2, 0.25) is 0 Å². The van der Waals surface area contributed by atoms with Crippen LogP contribution < -0.4 is 31.0 Å². The molecule has 0 aliphatic carbocycles. The third-order valence-corrected chi connectivity index (χ3v) is 7.71. The Morgan fingerprint density at radius 3 is 2.30 bits per heavy atom. The van der Waals surface area contributed by atoms with Crippen molar-refractivity contribution in [2.75, 3.05) is 25.3 Å². The number of nitrogen functional groups attached to an aromatic ring is 1. The standard InChI is InChI=1S/C36H31N5O5/c1-20-4-13-29(28(37)14-20)41-35(43)22-7-5-21(6-8-22)15-24-10-9-23-16-25(11-12-26(23)33(24)34(38)42)46-36-27-17-31(44-2)32(45-3)18-30(27)39-19-40-36/h4-14,16-19H,15,37H2,1-3H3,(H2,38,42)(H,41,43). The van der Waals surface area contributed by atoms with Gasteiger partial charge in [0.05, 0.1) is 42.1 Å². The molecule has 46 heavy (non-hydrogen) atoms. The minimum Gasteiger partial charge on any atom is -0.493 e. The number of benzene rings is 5. The second kappa shape index (κ2) is 12.4. The van der Waals surface area contributed by atoms with Gasteiger partial charge in [-0.2, -0.15) is 0 Å². The van der Waals surface area contributed by atoms with E-state index in [-0.39, 0.29) is 5.91 Å². The van der Waals surface area contributed by atoms with Crippen molar-refractivity contribution in [2.45, 2.75) is 13.3 Å². The van der Waals surface area contributed by atoms with E-state index in [1.807, 2.05) is 55.5 Å². The van der Waals surface area contributed by atoms with Crippen LogP contribution in [0.4, 0.5) is 11.4 Å². The average Bonchev–Trinajstić information content (AvgIpc) is 3.05. The van der Waals surface area contributed by atoms with Crippen molar-refractivity contribution < 1.29 is 23.8 Å². The molecule has 230 valence electrons. The van der Waals surface area contributed by atoms with Crippen LogP contribution in [0.15, 0.2) is 91.3 Å². The number of carbonyl (C=O) groups is 2. The maximum atomic E-state index is 12.8. The molecule has 6 rings (SSSR count). The van der Waals surface area contributed by atoms with E-state index in [4.69, 9.17) is 25.7 Å². The van der Waals surface area contributed by atoms with E-state index in [0.29, 0.717) is 68.3 Å². The van der Waals surface area contributed by atoms with Gasteiger partial charge in [0, 0.05) is 11.6 Å². The summed E-state index contributed by atoms with van der Waals surface area (Å²) in [6.45, 7) is 1.94. The summed E-state index contributed by atoms with van der Waals surface area (Å²) in [4.78, 5) is 34.2. The molecule has 0 saturated heterocycles. The van der Waals surface area contributed by atoms with E-state index in [9.17, 15) is 9.59 Å². The first kappa shape index (κ1) is 29.9. The number of nitrogens with two attached hydrogens (primary N) is 2. The Kier molecular flexibility index (Phi) is 8.09. The molecular formula is C36H31N5O5. The van der Waals surface area contributed by atoms with Crippen LogP contribution in [-0.2, 0) is 6.42 Å². The van der Waals surface area contributed by atoms with Crippen LogP contribution in [0.25, 0.3) is 21.7 Å². The topological polar surface area (TPSA) is 152 Å². The molecule has 2 amide bonds. The van der Waals surface area contributed by atoms with Gasteiger partial charge in [-0.1, -0.05) is 30.3 Å². The highest BCUT2D eigenvalue weighted by atomic mass is 16.5. The smallest absolute Gasteiger partial charge is 0.255 e. The maximum absolute atomic E-state index is 12.8. The summed E-state index contributed by atoms with van der Waals surface area (Å²) in [7, 11) is 3.12. The van der Waals surface area contributed by atoms with Gasteiger partial charge in [0.15, 0.2) is 11.5 Å². The Bertz CT molecular complexity index is 2130. The molecule has 0 spiro atoms. The van der Waals surface area contributed by atoms with Gasteiger partial charge in [0.2, 0.25) is 11.8 Å². The maximum Gasteiger partial charge on any atom is 0.255 e. The molecule has 6 aromatic rings. The lowest BCUT2D eigenvalue weighted by atomic mass is 9.93. The van der Waals surface area contributed by atoms with Crippen LogP contribution in [0, 0.1) is 6.92 Å². The Labute approximate surface area is 264 Å². The summed E-state index contributed by atoms with van der Waals surface area (Å²) in [5, 5.41) is 4.97. The van der Waals surface area contributed by atoms with Crippen LogP contribution in [-0.4, -0.2) is 36.0 Å². The molecule has 0 radical (unpaired) electrons. The first-order valence-electron chi connectivity index (χ1n) is 14.4. The highest BCUT2D eigenvalue weighted by Crippen LogP contribution is 2.37. The number of aromatic nitrogens is 2. The molecule has 0 aliphatic heterocycles. The summed E-state index contributed by atoms with van der Waals surface area (Å²) in [5.74, 6) is 1.13. The number of nitrogens with zero attached hydrogens (tertiary/aromatic N) is 2. The predicted molar refractivity (Wildman–Crippen MR) is 178 cm³/mol. The number of hydrogen-bond donors (Lipinski definition) is 3. The van der Waals surface area contributed by atoms with E-state index < -0.39 is 5.91 Å². The van der Waals surface area contributed by atoms with E-state index in [2.05, 4.69) is 15.3 Å². The second-order valence-corrected chi connectivity index (χ2v) is 10.8. The number of primary amides is 1. The zero-order valence-corrected chi connectivity index (χ0v) is 25.5. The molecule has 10 heteroatoms. The summed E-state index contributed by atoms with van der Waals surface area (Å²) in [6.07, 6.45) is 1.86. The van der Waals surface area contributed by atoms with Gasteiger partial charge in [-0.3, -0.25) is 9.59 Å². The summed E-state index contributed by atoms with van der Waals surface area (Å²) >= 11 is 0. The minimum atomic E-state index is -0.538. The summed E-state index contributed by atoms with van der Waals surface area (Å²) in [6, 6.07) is 25.4. The molecule has 0 aliphatic rings. The van der Waals surface area contributed by atoms with Gasteiger partial charge in [-0.15, -0.1) is 0 Å². The van der Waals surface area contributed by atoms with E-state index >= 15 is 0 Å². The molecule has 0 unspecified atom stereocenters. The van der Waals surface area contributed by atoms with Crippen molar-refractivity contribution in [1.29, 1.82) is 0 Å². The van der Waals surface area contributed by atoms with Crippen LogP contribution in [0.1, 0.15) is 37.4 Å². The number of nitrogens with one attached hydrogen (secondary N) is 1. The lowest BCUT2D eigenvalue weighted by Crippen LogP contribution is -2.15. The van der Waals surface area contributed by atoms with Gasteiger partial charge < -0.3 is 31.0 Å². The SMILES string of the molecule is COc1cc2ncnc(Oc3ccc4c(C(N)=O)c(Cc5ccc(C(=O)Nc6ccc(C)cc6N)cc5)ccc4c3)c2cc1OC. The zero-order chi connectivity index (χ0) is 32.4. The van der Waals surface area contributed by atoms with Gasteiger partial charge in [-0.05, 0) is 89.3 Å². The van der Waals surface area contributed by atoms with Crippen molar-refractivity contribution in [3.05, 3.63) is 119 Å². The Morgan fingerprint density at radius 1 is 0.826 bits per heavy atom. The molecular weight excluding hydrogens is 582 g/mol. The number of aryl methyl sites for hydroxylation is 1. The number of methoxy groups -OCH3 is 2.